The van der Waals surface area contributed by atoms with Crippen molar-refractivity contribution in [3.63, 3.8) is 0 Å². The number of carbonyl (C=O) groups excluding carboxylic acids is 2. The van der Waals surface area contributed by atoms with E-state index in [1.165, 1.54) is 31.0 Å². The van der Waals surface area contributed by atoms with E-state index in [-0.39, 0.29) is 30.4 Å². The van der Waals surface area contributed by atoms with E-state index in [0.29, 0.717) is 11.8 Å². The highest BCUT2D eigenvalue weighted by molar-refractivity contribution is 7.99. The predicted molar refractivity (Wildman–Crippen MR) is 120 cm³/mol. The Morgan fingerprint density at radius 2 is 1.77 bits per heavy atom. The molecule has 1 aromatic heterocycles. The number of nitrogens with one attached hydrogen (secondary N) is 1. The van der Waals surface area contributed by atoms with Gasteiger partial charge in [-0.3, -0.25) is 9.59 Å². The van der Waals surface area contributed by atoms with Crippen molar-refractivity contribution in [2.24, 2.45) is 0 Å². The van der Waals surface area contributed by atoms with Crippen molar-refractivity contribution >= 4 is 34.6 Å². The number of hydrogen-bond donors (Lipinski definition) is 1. The lowest BCUT2D eigenvalue weighted by atomic mass is 9.98. The minimum atomic E-state index is 0.0245. The Balaban J connectivity index is 1.48. The maximum atomic E-state index is 13.0. The number of imidazole rings is 1. The Labute approximate surface area is 182 Å². The van der Waals surface area contributed by atoms with Gasteiger partial charge < -0.3 is 14.8 Å². The van der Waals surface area contributed by atoms with E-state index in [1.807, 2.05) is 33.7 Å². The summed E-state index contributed by atoms with van der Waals surface area (Å²) in [5.41, 5.74) is 1.80. The lowest BCUT2D eigenvalue weighted by Gasteiger charge is -2.39. The van der Waals surface area contributed by atoms with Crippen molar-refractivity contribution in [1.82, 2.24) is 19.8 Å². The van der Waals surface area contributed by atoms with Gasteiger partial charge in [0.05, 0.1) is 16.8 Å². The topological polar surface area (TPSA) is 67.2 Å². The van der Waals surface area contributed by atoms with Crippen molar-refractivity contribution in [1.29, 1.82) is 0 Å². The number of rotatable bonds is 6. The number of amides is 2. The molecule has 0 radical (unpaired) electrons. The molecule has 0 spiro atoms. The van der Waals surface area contributed by atoms with Gasteiger partial charge in [0.25, 0.3) is 0 Å². The standard InChI is InChI=1S/C23H32N4O2S/c1-16-8-7-9-17(2)27(16)22(29)15-30-23-25-19-12-5-6-13-20(19)26(23)14-21(28)24-18-10-3-4-11-18/h5-6,12-13,16-18H,3-4,7-11,14-15H2,1-2H3,(H,24,28)/t16-,17+. The number of para-hydroxylation sites is 2. The van der Waals surface area contributed by atoms with Gasteiger partial charge in [-0.25, -0.2) is 4.98 Å². The van der Waals surface area contributed by atoms with Crippen LogP contribution in [-0.2, 0) is 16.1 Å². The molecule has 2 atom stereocenters. The number of likely N-dealkylation sites (tertiary alicyclic amines) is 1. The van der Waals surface area contributed by atoms with E-state index < -0.39 is 0 Å². The van der Waals surface area contributed by atoms with Crippen LogP contribution in [0.25, 0.3) is 11.0 Å². The summed E-state index contributed by atoms with van der Waals surface area (Å²) in [4.78, 5) is 32.4. The number of piperidine rings is 1. The van der Waals surface area contributed by atoms with Gasteiger partial charge in [0.15, 0.2) is 5.16 Å². The van der Waals surface area contributed by atoms with Gasteiger partial charge in [-0.05, 0) is 58.1 Å². The average Bonchev–Trinajstić information content (AvgIpc) is 3.34. The molecule has 1 aliphatic heterocycles. The molecule has 4 rings (SSSR count). The van der Waals surface area contributed by atoms with E-state index in [9.17, 15) is 9.59 Å². The Morgan fingerprint density at radius 1 is 1.07 bits per heavy atom. The van der Waals surface area contributed by atoms with Crippen LogP contribution in [0.5, 0.6) is 0 Å². The summed E-state index contributed by atoms with van der Waals surface area (Å²) in [6.07, 6.45) is 7.84. The Morgan fingerprint density at radius 3 is 2.50 bits per heavy atom. The van der Waals surface area contributed by atoms with Crippen molar-refractivity contribution < 1.29 is 9.59 Å². The lowest BCUT2D eigenvalue weighted by molar-refractivity contribution is -0.134. The van der Waals surface area contributed by atoms with Crippen LogP contribution in [0.1, 0.15) is 58.8 Å². The first-order valence-electron chi connectivity index (χ1n) is 11.2. The van der Waals surface area contributed by atoms with Crippen LogP contribution in [0.3, 0.4) is 0 Å². The molecule has 1 N–H and O–H groups in total. The van der Waals surface area contributed by atoms with Crippen LogP contribution >= 0.6 is 11.8 Å². The summed E-state index contributed by atoms with van der Waals surface area (Å²) in [5.74, 6) is 0.535. The summed E-state index contributed by atoms with van der Waals surface area (Å²) in [6.45, 7) is 4.52. The minimum Gasteiger partial charge on any atom is -0.352 e. The quantitative estimate of drug-likeness (QED) is 0.707. The van der Waals surface area contributed by atoms with Crippen LogP contribution in [-0.4, -0.2) is 50.1 Å². The third-order valence-corrected chi connectivity index (χ3v) is 7.41. The highest BCUT2D eigenvalue weighted by Gasteiger charge is 2.29. The maximum absolute atomic E-state index is 13.0. The largest absolute Gasteiger partial charge is 0.352 e. The molecule has 1 aliphatic carbocycles. The fourth-order valence-corrected chi connectivity index (χ4v) is 5.80. The third-order valence-electron chi connectivity index (χ3n) is 6.45. The third kappa shape index (κ3) is 4.66. The Bertz CT molecular complexity index is 896. The number of benzene rings is 1. The van der Waals surface area contributed by atoms with Gasteiger partial charge in [-0.2, -0.15) is 0 Å². The predicted octanol–water partition coefficient (Wildman–Crippen LogP) is 3.98. The second-order valence-electron chi connectivity index (χ2n) is 8.74. The van der Waals surface area contributed by atoms with E-state index >= 15 is 0 Å². The van der Waals surface area contributed by atoms with Crippen LogP contribution < -0.4 is 5.32 Å². The zero-order valence-electron chi connectivity index (χ0n) is 18.0. The Hall–Kier alpha value is -2.02. The maximum Gasteiger partial charge on any atom is 0.240 e. The molecule has 30 heavy (non-hydrogen) atoms. The number of hydrogen-bond acceptors (Lipinski definition) is 4. The molecule has 162 valence electrons. The fourth-order valence-electron chi connectivity index (χ4n) is 4.92. The van der Waals surface area contributed by atoms with Gasteiger partial charge in [0.1, 0.15) is 6.54 Å². The van der Waals surface area contributed by atoms with Crippen molar-refractivity contribution in [3.8, 4) is 0 Å². The zero-order chi connectivity index (χ0) is 21.1. The Kier molecular flexibility index (Phi) is 6.66. The fraction of sp³-hybridized carbons (Fsp3) is 0.609. The molecule has 2 aliphatic rings. The van der Waals surface area contributed by atoms with E-state index in [1.54, 1.807) is 0 Å². The van der Waals surface area contributed by atoms with Crippen molar-refractivity contribution in [3.05, 3.63) is 24.3 Å². The second-order valence-corrected chi connectivity index (χ2v) is 9.68. The molecule has 2 fully saturated rings. The molecule has 2 aromatic rings. The first-order valence-corrected chi connectivity index (χ1v) is 12.2. The highest BCUT2D eigenvalue weighted by Crippen LogP contribution is 2.27. The molecule has 7 heteroatoms. The van der Waals surface area contributed by atoms with E-state index in [4.69, 9.17) is 4.98 Å². The smallest absolute Gasteiger partial charge is 0.240 e. The molecule has 2 heterocycles. The van der Waals surface area contributed by atoms with Crippen LogP contribution in [0.15, 0.2) is 29.4 Å². The van der Waals surface area contributed by atoms with Gasteiger partial charge in [0, 0.05) is 18.1 Å². The lowest BCUT2D eigenvalue weighted by Crippen LogP contribution is -2.48. The average molecular weight is 429 g/mol. The normalized spacial score (nSPS) is 22.5. The molecule has 0 bridgehead atoms. The molecular weight excluding hydrogens is 396 g/mol. The number of nitrogens with zero attached hydrogens (tertiary/aromatic N) is 3. The molecule has 2 amide bonds. The number of carbonyl (C=O) groups is 2. The van der Waals surface area contributed by atoms with E-state index in [2.05, 4.69) is 19.2 Å². The summed E-state index contributed by atoms with van der Waals surface area (Å²) < 4.78 is 1.96. The monoisotopic (exact) mass is 428 g/mol. The first-order chi connectivity index (χ1) is 14.5. The highest BCUT2D eigenvalue weighted by atomic mass is 32.2. The van der Waals surface area contributed by atoms with Crippen LogP contribution in [0, 0.1) is 0 Å². The van der Waals surface area contributed by atoms with Gasteiger partial charge >= 0.3 is 0 Å². The number of fused-ring (bicyclic) bond motifs is 1. The second kappa shape index (κ2) is 9.41. The van der Waals surface area contributed by atoms with Crippen molar-refractivity contribution in [2.45, 2.75) is 88.6 Å². The first kappa shape index (κ1) is 21.2. The van der Waals surface area contributed by atoms with Gasteiger partial charge in [0.2, 0.25) is 11.8 Å². The molecule has 6 nitrogen and oxygen atoms in total. The summed E-state index contributed by atoms with van der Waals surface area (Å²) in [5, 5.41) is 3.90. The molecule has 0 unspecified atom stereocenters. The summed E-state index contributed by atoms with van der Waals surface area (Å²) >= 11 is 1.44. The zero-order valence-corrected chi connectivity index (χ0v) is 18.8. The molecule has 1 saturated carbocycles. The number of thioether (sulfide) groups is 1. The summed E-state index contributed by atoms with van der Waals surface area (Å²) in [7, 11) is 0. The minimum absolute atomic E-state index is 0.0245. The summed E-state index contributed by atoms with van der Waals surface area (Å²) in [6, 6.07) is 8.75. The molecule has 1 aromatic carbocycles. The number of aromatic nitrogens is 2. The van der Waals surface area contributed by atoms with Gasteiger partial charge in [-0.15, -0.1) is 0 Å². The molecular formula is C23H32N4O2S. The van der Waals surface area contributed by atoms with E-state index in [0.717, 1.165) is 41.9 Å². The SMILES string of the molecule is C[C@@H]1CCC[C@H](C)N1C(=O)CSc1nc2ccccc2n1CC(=O)NC1CCCC1. The van der Waals surface area contributed by atoms with Crippen molar-refractivity contribution in [2.75, 3.05) is 5.75 Å². The van der Waals surface area contributed by atoms with Gasteiger partial charge in [-0.1, -0.05) is 36.7 Å². The van der Waals surface area contributed by atoms with Crippen LogP contribution in [0.2, 0.25) is 0 Å². The molecule has 1 saturated heterocycles. The van der Waals surface area contributed by atoms with Crippen LogP contribution in [0.4, 0.5) is 0 Å².